The molecule has 0 saturated carbocycles. The van der Waals surface area contributed by atoms with Crippen molar-refractivity contribution in [3.8, 4) is 11.4 Å². The number of rotatable bonds is 7. The van der Waals surface area contributed by atoms with Crippen LogP contribution in [-0.4, -0.2) is 42.7 Å². The highest BCUT2D eigenvalue weighted by Gasteiger charge is 2.04. The molecule has 0 aliphatic carbocycles. The molecule has 0 atom stereocenters. The molecule has 2 N–H and O–H groups in total. The average molecular weight is 337 g/mol. The number of halogens is 1. The Morgan fingerprint density at radius 1 is 1.22 bits per heavy atom. The molecule has 23 heavy (non-hydrogen) atoms. The maximum Gasteiger partial charge on any atom is 0.238 e. The monoisotopic (exact) mass is 336 g/mol. The summed E-state index contributed by atoms with van der Waals surface area (Å²) in [6, 6.07) is 9.32. The van der Waals surface area contributed by atoms with Gasteiger partial charge in [-0.05, 0) is 37.3 Å². The first-order valence-corrected chi connectivity index (χ1v) is 7.08. The number of hydrogen-bond donors (Lipinski definition) is 2. The zero-order valence-electron chi connectivity index (χ0n) is 13.2. The Morgan fingerprint density at radius 2 is 1.96 bits per heavy atom. The number of carbonyl (C=O) groups excluding carboxylic acids is 1. The minimum absolute atomic E-state index is 0. The van der Waals surface area contributed by atoms with Crippen LogP contribution in [0.5, 0.6) is 0 Å². The molecular formula is C16H21ClN4O2. The smallest absolute Gasteiger partial charge is 0.238 e. The molecule has 6 nitrogen and oxygen atoms in total. The van der Waals surface area contributed by atoms with Gasteiger partial charge in [-0.15, -0.1) is 12.4 Å². The molecule has 2 rings (SSSR count). The highest BCUT2D eigenvalue weighted by atomic mass is 35.5. The van der Waals surface area contributed by atoms with Crippen molar-refractivity contribution in [1.82, 2.24) is 15.3 Å². The minimum atomic E-state index is -0.0874. The number of hydrogen-bond acceptors (Lipinski definition) is 5. The molecule has 1 heterocycles. The second kappa shape index (κ2) is 9.89. The van der Waals surface area contributed by atoms with Crippen LogP contribution in [0.3, 0.4) is 0 Å². The summed E-state index contributed by atoms with van der Waals surface area (Å²) in [6.45, 7) is 3.41. The zero-order chi connectivity index (χ0) is 15.8. The first-order chi connectivity index (χ1) is 10.7. The van der Waals surface area contributed by atoms with Crippen molar-refractivity contribution in [2.24, 2.45) is 0 Å². The largest absolute Gasteiger partial charge is 0.383 e. The Labute approximate surface area is 142 Å². The van der Waals surface area contributed by atoms with Gasteiger partial charge in [-0.2, -0.15) is 0 Å². The topological polar surface area (TPSA) is 76.1 Å². The molecule has 0 aliphatic rings. The standard InChI is InChI=1S/C16H20N4O2.ClH/c1-12-7-8-18-16(19-12)13-3-5-14(6-4-13)20-15(21)11-17-9-10-22-2;/h3-8,17H,9-11H2,1-2H3,(H,20,21);1H. The van der Waals surface area contributed by atoms with E-state index in [1.807, 2.05) is 37.3 Å². The van der Waals surface area contributed by atoms with Crippen molar-refractivity contribution < 1.29 is 9.53 Å². The lowest BCUT2D eigenvalue weighted by molar-refractivity contribution is -0.115. The quantitative estimate of drug-likeness (QED) is 0.757. The van der Waals surface area contributed by atoms with E-state index in [4.69, 9.17) is 4.74 Å². The second-order valence-corrected chi connectivity index (χ2v) is 4.82. The van der Waals surface area contributed by atoms with E-state index >= 15 is 0 Å². The van der Waals surface area contributed by atoms with Crippen LogP contribution in [0, 0.1) is 6.92 Å². The van der Waals surface area contributed by atoms with Crippen molar-refractivity contribution in [3.05, 3.63) is 42.2 Å². The third-order valence-electron chi connectivity index (χ3n) is 2.99. The van der Waals surface area contributed by atoms with Gasteiger partial charge in [-0.3, -0.25) is 4.79 Å². The van der Waals surface area contributed by atoms with E-state index in [0.717, 1.165) is 16.9 Å². The van der Waals surface area contributed by atoms with Crippen LogP contribution >= 0.6 is 12.4 Å². The van der Waals surface area contributed by atoms with Gasteiger partial charge in [0.25, 0.3) is 0 Å². The fraction of sp³-hybridized carbons (Fsp3) is 0.312. The Bertz CT molecular complexity index is 620. The Balaban J connectivity index is 0.00000264. The molecule has 7 heteroatoms. The van der Waals surface area contributed by atoms with E-state index in [1.165, 1.54) is 0 Å². The Hall–Kier alpha value is -2.02. The van der Waals surface area contributed by atoms with E-state index in [9.17, 15) is 4.79 Å². The Morgan fingerprint density at radius 3 is 2.61 bits per heavy atom. The van der Waals surface area contributed by atoms with Crippen molar-refractivity contribution in [2.75, 3.05) is 32.1 Å². The number of nitrogens with one attached hydrogen (secondary N) is 2. The molecular weight excluding hydrogens is 316 g/mol. The van der Waals surface area contributed by atoms with Gasteiger partial charge in [0, 0.05) is 36.8 Å². The van der Waals surface area contributed by atoms with Gasteiger partial charge in [0.1, 0.15) is 0 Å². The molecule has 0 spiro atoms. The summed E-state index contributed by atoms with van der Waals surface area (Å²) in [7, 11) is 1.63. The molecule has 124 valence electrons. The summed E-state index contributed by atoms with van der Waals surface area (Å²) >= 11 is 0. The fourth-order valence-electron chi connectivity index (χ4n) is 1.87. The third kappa shape index (κ3) is 6.32. The third-order valence-corrected chi connectivity index (χ3v) is 2.99. The van der Waals surface area contributed by atoms with Crippen LogP contribution in [0.25, 0.3) is 11.4 Å². The number of nitrogens with zero attached hydrogens (tertiary/aromatic N) is 2. The molecule has 1 amide bonds. The lowest BCUT2D eigenvalue weighted by atomic mass is 10.2. The summed E-state index contributed by atoms with van der Waals surface area (Å²) in [5.74, 6) is 0.592. The van der Waals surface area contributed by atoms with Crippen LogP contribution in [-0.2, 0) is 9.53 Å². The molecule has 0 bridgehead atoms. The predicted octanol–water partition coefficient (Wildman–Crippen LogP) is 2.05. The van der Waals surface area contributed by atoms with Crippen molar-refractivity contribution in [1.29, 1.82) is 0 Å². The fourth-order valence-corrected chi connectivity index (χ4v) is 1.87. The molecule has 0 radical (unpaired) electrons. The lowest BCUT2D eigenvalue weighted by Gasteiger charge is -2.07. The summed E-state index contributed by atoms with van der Waals surface area (Å²) < 4.78 is 4.90. The summed E-state index contributed by atoms with van der Waals surface area (Å²) in [6.07, 6.45) is 1.74. The normalized spacial score (nSPS) is 10.0. The van der Waals surface area contributed by atoms with E-state index in [2.05, 4.69) is 20.6 Å². The van der Waals surface area contributed by atoms with Gasteiger partial charge in [0.2, 0.25) is 5.91 Å². The van der Waals surface area contributed by atoms with Crippen LogP contribution in [0.4, 0.5) is 5.69 Å². The number of methoxy groups -OCH3 is 1. The van der Waals surface area contributed by atoms with Gasteiger partial charge in [0.15, 0.2) is 5.82 Å². The second-order valence-electron chi connectivity index (χ2n) is 4.82. The number of amides is 1. The number of aryl methyl sites for hydroxylation is 1. The minimum Gasteiger partial charge on any atom is -0.383 e. The summed E-state index contributed by atoms with van der Waals surface area (Å²) in [4.78, 5) is 20.3. The van der Waals surface area contributed by atoms with E-state index in [-0.39, 0.29) is 24.9 Å². The highest BCUT2D eigenvalue weighted by molar-refractivity contribution is 5.92. The van der Waals surface area contributed by atoms with Gasteiger partial charge < -0.3 is 15.4 Å². The van der Waals surface area contributed by atoms with Crippen molar-refractivity contribution in [3.63, 3.8) is 0 Å². The van der Waals surface area contributed by atoms with Crippen molar-refractivity contribution >= 4 is 24.0 Å². The number of ether oxygens (including phenoxy) is 1. The van der Waals surface area contributed by atoms with Crippen LogP contribution in [0.15, 0.2) is 36.5 Å². The van der Waals surface area contributed by atoms with Gasteiger partial charge >= 0.3 is 0 Å². The molecule has 0 aliphatic heterocycles. The molecule has 1 aromatic heterocycles. The number of anilines is 1. The van der Waals surface area contributed by atoms with E-state index in [1.54, 1.807) is 13.3 Å². The highest BCUT2D eigenvalue weighted by Crippen LogP contribution is 2.17. The van der Waals surface area contributed by atoms with Crippen LogP contribution < -0.4 is 10.6 Å². The van der Waals surface area contributed by atoms with Gasteiger partial charge in [-0.25, -0.2) is 9.97 Å². The predicted molar refractivity (Wildman–Crippen MR) is 92.8 cm³/mol. The first kappa shape index (κ1) is 19.0. The molecule has 0 saturated heterocycles. The maximum atomic E-state index is 11.7. The maximum absolute atomic E-state index is 11.7. The summed E-state index contributed by atoms with van der Waals surface area (Å²) in [5.41, 5.74) is 2.58. The SMILES string of the molecule is COCCNCC(=O)Nc1ccc(-c2nccc(C)n2)cc1.Cl. The molecule has 2 aromatic rings. The molecule has 1 aromatic carbocycles. The van der Waals surface area contributed by atoms with E-state index < -0.39 is 0 Å². The van der Waals surface area contributed by atoms with Gasteiger partial charge in [0.05, 0.1) is 13.2 Å². The number of benzene rings is 1. The summed E-state index contributed by atoms with van der Waals surface area (Å²) in [5, 5.41) is 5.82. The zero-order valence-corrected chi connectivity index (χ0v) is 14.0. The van der Waals surface area contributed by atoms with Crippen LogP contribution in [0.1, 0.15) is 5.69 Å². The average Bonchev–Trinajstić information content (AvgIpc) is 2.52. The molecule has 0 fully saturated rings. The number of carbonyl (C=O) groups is 1. The number of aromatic nitrogens is 2. The lowest BCUT2D eigenvalue weighted by Crippen LogP contribution is -2.30. The van der Waals surface area contributed by atoms with Crippen molar-refractivity contribution in [2.45, 2.75) is 6.92 Å². The first-order valence-electron chi connectivity index (χ1n) is 7.08. The van der Waals surface area contributed by atoms with Crippen LogP contribution in [0.2, 0.25) is 0 Å². The van der Waals surface area contributed by atoms with E-state index in [0.29, 0.717) is 19.0 Å². The van der Waals surface area contributed by atoms with Gasteiger partial charge in [-0.1, -0.05) is 0 Å². The Kier molecular flexibility index (Phi) is 8.18. The molecule has 0 unspecified atom stereocenters.